The van der Waals surface area contributed by atoms with Crippen LogP contribution >= 0.6 is 0 Å². The molecular formula is C19H25N3O. The van der Waals surface area contributed by atoms with Crippen LogP contribution in [0, 0.1) is 0 Å². The molecule has 4 heteroatoms. The zero-order chi connectivity index (χ0) is 16.3. The topological polar surface area (TPSA) is 45.7 Å². The lowest BCUT2D eigenvalue weighted by Gasteiger charge is -2.12. The number of ether oxygens (including phenoxy) is 1. The van der Waals surface area contributed by atoms with E-state index in [1.165, 1.54) is 5.56 Å². The predicted molar refractivity (Wildman–Crippen MR) is 95.7 cm³/mol. The van der Waals surface area contributed by atoms with Crippen LogP contribution in [0.5, 0.6) is 5.75 Å². The van der Waals surface area contributed by atoms with Crippen molar-refractivity contribution in [2.75, 3.05) is 13.6 Å². The summed E-state index contributed by atoms with van der Waals surface area (Å²) in [6.45, 7) is 4.37. The fraction of sp³-hybridized carbons (Fsp3) is 0.316. The molecule has 0 saturated carbocycles. The van der Waals surface area contributed by atoms with Crippen LogP contribution in [0.3, 0.4) is 0 Å². The monoisotopic (exact) mass is 311 g/mol. The van der Waals surface area contributed by atoms with Crippen molar-refractivity contribution in [1.82, 2.24) is 10.6 Å². The van der Waals surface area contributed by atoms with E-state index in [2.05, 4.69) is 46.8 Å². The Morgan fingerprint density at radius 3 is 2.52 bits per heavy atom. The first kappa shape index (κ1) is 16.9. The van der Waals surface area contributed by atoms with Crippen LogP contribution in [0.15, 0.2) is 59.6 Å². The number of nitrogens with one attached hydrogen (secondary N) is 2. The van der Waals surface area contributed by atoms with Gasteiger partial charge >= 0.3 is 0 Å². The van der Waals surface area contributed by atoms with E-state index in [0.29, 0.717) is 6.61 Å². The van der Waals surface area contributed by atoms with E-state index in [0.717, 1.165) is 36.8 Å². The Hall–Kier alpha value is -2.49. The van der Waals surface area contributed by atoms with Gasteiger partial charge < -0.3 is 15.4 Å². The van der Waals surface area contributed by atoms with Gasteiger partial charge in [-0.2, -0.15) is 0 Å². The minimum atomic E-state index is 0.570. The van der Waals surface area contributed by atoms with Gasteiger partial charge in [0.2, 0.25) is 0 Å². The molecule has 0 aliphatic heterocycles. The lowest BCUT2D eigenvalue weighted by Crippen LogP contribution is -2.37. The van der Waals surface area contributed by atoms with Crippen LogP contribution < -0.4 is 15.4 Å². The molecular weight excluding hydrogens is 286 g/mol. The summed E-state index contributed by atoms with van der Waals surface area (Å²) in [6, 6.07) is 18.3. The lowest BCUT2D eigenvalue weighted by molar-refractivity contribution is 0.306. The minimum absolute atomic E-state index is 0.570. The molecule has 122 valence electrons. The number of hydrogen-bond acceptors (Lipinski definition) is 2. The first-order chi connectivity index (χ1) is 11.3. The van der Waals surface area contributed by atoms with Crippen LogP contribution in [0.4, 0.5) is 0 Å². The van der Waals surface area contributed by atoms with Crippen molar-refractivity contribution in [2.24, 2.45) is 4.99 Å². The molecule has 0 heterocycles. The molecule has 0 atom stereocenters. The number of para-hydroxylation sites is 1. The number of benzene rings is 2. The van der Waals surface area contributed by atoms with E-state index in [9.17, 15) is 0 Å². The number of guanidine groups is 1. The van der Waals surface area contributed by atoms with Crippen molar-refractivity contribution in [2.45, 2.75) is 26.5 Å². The highest BCUT2D eigenvalue weighted by atomic mass is 16.5. The van der Waals surface area contributed by atoms with Crippen molar-refractivity contribution in [3.8, 4) is 5.75 Å². The van der Waals surface area contributed by atoms with Gasteiger partial charge in [-0.3, -0.25) is 4.99 Å². The van der Waals surface area contributed by atoms with Gasteiger partial charge in [0.25, 0.3) is 0 Å². The average molecular weight is 311 g/mol. The largest absolute Gasteiger partial charge is 0.489 e. The van der Waals surface area contributed by atoms with Gasteiger partial charge in [-0.1, -0.05) is 49.4 Å². The number of hydrogen-bond donors (Lipinski definition) is 2. The van der Waals surface area contributed by atoms with E-state index < -0.39 is 0 Å². The zero-order valence-corrected chi connectivity index (χ0v) is 13.9. The van der Waals surface area contributed by atoms with E-state index in [-0.39, 0.29) is 0 Å². The molecule has 23 heavy (non-hydrogen) atoms. The molecule has 0 amide bonds. The highest BCUT2D eigenvalue weighted by molar-refractivity contribution is 5.79. The third kappa shape index (κ3) is 6.02. The molecule has 0 bridgehead atoms. The highest BCUT2D eigenvalue weighted by Gasteiger charge is 2.00. The number of rotatable bonds is 7. The third-order valence-corrected chi connectivity index (χ3v) is 3.37. The van der Waals surface area contributed by atoms with Gasteiger partial charge in [0, 0.05) is 20.1 Å². The first-order valence-corrected chi connectivity index (χ1v) is 8.02. The fourth-order valence-corrected chi connectivity index (χ4v) is 2.16. The summed E-state index contributed by atoms with van der Waals surface area (Å²) in [4.78, 5) is 4.21. The third-order valence-electron chi connectivity index (χ3n) is 3.37. The molecule has 0 saturated heterocycles. The van der Waals surface area contributed by atoms with Crippen molar-refractivity contribution in [3.05, 3.63) is 65.7 Å². The zero-order valence-electron chi connectivity index (χ0n) is 13.9. The molecule has 2 aromatic carbocycles. The molecule has 2 aromatic rings. The first-order valence-electron chi connectivity index (χ1n) is 8.02. The summed E-state index contributed by atoms with van der Waals surface area (Å²) in [7, 11) is 1.79. The SMILES string of the molecule is CCCNC(=NC)NCc1cccc(COc2ccccc2)c1. The Labute approximate surface area is 138 Å². The smallest absolute Gasteiger partial charge is 0.191 e. The van der Waals surface area contributed by atoms with Crippen molar-refractivity contribution >= 4 is 5.96 Å². The average Bonchev–Trinajstić information content (AvgIpc) is 2.61. The van der Waals surface area contributed by atoms with Crippen LogP contribution in [0.25, 0.3) is 0 Å². The molecule has 0 spiro atoms. The second kappa shape index (κ2) is 9.51. The van der Waals surface area contributed by atoms with Crippen LogP contribution in [0.1, 0.15) is 24.5 Å². The summed E-state index contributed by atoms with van der Waals surface area (Å²) in [6.07, 6.45) is 1.08. The Bertz CT molecular complexity index is 611. The summed E-state index contributed by atoms with van der Waals surface area (Å²) in [5.41, 5.74) is 2.36. The van der Waals surface area contributed by atoms with Gasteiger partial charge in [0.15, 0.2) is 5.96 Å². The minimum Gasteiger partial charge on any atom is -0.489 e. The van der Waals surface area contributed by atoms with Crippen LogP contribution in [0.2, 0.25) is 0 Å². The van der Waals surface area contributed by atoms with Crippen LogP contribution in [-0.2, 0) is 13.2 Å². The summed E-state index contributed by atoms with van der Waals surface area (Å²) >= 11 is 0. The van der Waals surface area contributed by atoms with Gasteiger partial charge in [0.1, 0.15) is 12.4 Å². The maximum Gasteiger partial charge on any atom is 0.191 e. The lowest BCUT2D eigenvalue weighted by atomic mass is 10.1. The molecule has 0 unspecified atom stereocenters. The maximum atomic E-state index is 5.79. The molecule has 2 rings (SSSR count). The summed E-state index contributed by atoms with van der Waals surface area (Å²) < 4.78 is 5.79. The van der Waals surface area contributed by atoms with Gasteiger partial charge in [0.05, 0.1) is 0 Å². The summed E-state index contributed by atoms with van der Waals surface area (Å²) in [5.74, 6) is 1.72. The number of aliphatic imine (C=N–C) groups is 1. The molecule has 4 nitrogen and oxygen atoms in total. The molecule has 0 aliphatic rings. The van der Waals surface area contributed by atoms with E-state index in [4.69, 9.17) is 4.74 Å². The Kier molecular flexibility index (Phi) is 6.98. The summed E-state index contributed by atoms with van der Waals surface area (Å²) in [5, 5.41) is 6.58. The quantitative estimate of drug-likeness (QED) is 0.609. The van der Waals surface area contributed by atoms with E-state index >= 15 is 0 Å². The van der Waals surface area contributed by atoms with E-state index in [1.807, 2.05) is 30.3 Å². The highest BCUT2D eigenvalue weighted by Crippen LogP contribution is 2.12. The van der Waals surface area contributed by atoms with Crippen LogP contribution in [-0.4, -0.2) is 19.6 Å². The predicted octanol–water partition coefficient (Wildman–Crippen LogP) is 3.34. The Morgan fingerprint density at radius 1 is 1.00 bits per heavy atom. The number of nitrogens with zero attached hydrogens (tertiary/aromatic N) is 1. The molecule has 0 fully saturated rings. The molecule has 2 N–H and O–H groups in total. The normalized spacial score (nSPS) is 11.1. The molecule has 0 radical (unpaired) electrons. The van der Waals surface area contributed by atoms with Crippen molar-refractivity contribution in [1.29, 1.82) is 0 Å². The Morgan fingerprint density at radius 2 is 1.78 bits per heavy atom. The molecule has 0 aliphatic carbocycles. The Balaban J connectivity index is 1.86. The van der Waals surface area contributed by atoms with Gasteiger partial charge in [-0.15, -0.1) is 0 Å². The second-order valence-electron chi connectivity index (χ2n) is 5.27. The van der Waals surface area contributed by atoms with Crippen molar-refractivity contribution in [3.63, 3.8) is 0 Å². The second-order valence-corrected chi connectivity index (χ2v) is 5.27. The van der Waals surface area contributed by atoms with Gasteiger partial charge in [-0.25, -0.2) is 0 Å². The molecule has 0 aromatic heterocycles. The fourth-order valence-electron chi connectivity index (χ4n) is 2.16. The maximum absolute atomic E-state index is 5.79. The van der Waals surface area contributed by atoms with Crippen molar-refractivity contribution < 1.29 is 4.74 Å². The standard InChI is InChI=1S/C19H25N3O/c1-3-12-21-19(20-2)22-14-16-8-7-9-17(13-16)15-23-18-10-5-4-6-11-18/h4-11,13H,3,12,14-15H2,1-2H3,(H2,20,21,22). The van der Waals surface area contributed by atoms with E-state index in [1.54, 1.807) is 7.05 Å². The van der Waals surface area contributed by atoms with Gasteiger partial charge in [-0.05, 0) is 29.7 Å².